The fraction of sp³-hybridized carbons (Fsp3) is 0.375. The van der Waals surface area contributed by atoms with Gasteiger partial charge in [0.15, 0.2) is 0 Å². The Labute approximate surface area is 64.9 Å². The normalized spacial score (nSPS) is 9.91. The van der Waals surface area contributed by atoms with Crippen LogP contribution in [0.25, 0.3) is 0 Å². The summed E-state index contributed by atoms with van der Waals surface area (Å²) in [7, 11) is 0. The first kappa shape index (κ1) is 7.85. The first-order valence-corrected chi connectivity index (χ1v) is 3.66. The zero-order valence-corrected chi connectivity index (χ0v) is 6.45. The molecule has 0 aliphatic heterocycles. The van der Waals surface area contributed by atoms with Crippen molar-refractivity contribution in [3.05, 3.63) is 34.2 Å². The molecule has 0 fully saturated rings. The Balaban J connectivity index is 3.06. The summed E-state index contributed by atoms with van der Waals surface area (Å²) in [4.78, 5) is 10.8. The molecule has 0 atom stereocenters. The highest BCUT2D eigenvalue weighted by atomic mass is 16.5. The smallest absolute Gasteiger partial charge is 0.283 e. The third kappa shape index (κ3) is 1.61. The van der Waals surface area contributed by atoms with Gasteiger partial charge in [-0.3, -0.25) is 4.79 Å². The second kappa shape index (κ2) is 3.23. The van der Waals surface area contributed by atoms with Crippen LogP contribution in [-0.4, -0.2) is 9.94 Å². The molecule has 1 rings (SSSR count). The second-order valence-corrected chi connectivity index (χ2v) is 2.42. The lowest BCUT2D eigenvalue weighted by Gasteiger charge is -2.02. The molecule has 0 radical (unpaired) electrons. The Hall–Kier alpha value is -1.25. The maximum absolute atomic E-state index is 10.8. The van der Waals surface area contributed by atoms with Gasteiger partial charge >= 0.3 is 0 Å². The van der Waals surface area contributed by atoms with E-state index in [0.717, 1.165) is 12.8 Å². The molecule has 0 unspecified atom stereocenters. The topological polar surface area (TPSA) is 42.2 Å². The third-order valence-electron chi connectivity index (χ3n) is 1.51. The number of hydrogen-bond acceptors (Lipinski definition) is 2. The Morgan fingerprint density at radius 3 is 2.91 bits per heavy atom. The standard InChI is InChI=1S/C8H11NO2/c1-2-4-7-5-3-6-8(10)9(7)11/h3,5-6,11H,2,4H2,1H3. The van der Waals surface area contributed by atoms with E-state index in [1.54, 1.807) is 12.1 Å². The number of rotatable bonds is 2. The minimum atomic E-state index is -0.365. The second-order valence-electron chi connectivity index (χ2n) is 2.42. The molecule has 0 aromatic carbocycles. The number of nitrogens with zero attached hydrogens (tertiary/aromatic N) is 1. The number of aryl methyl sites for hydroxylation is 1. The molecule has 0 bridgehead atoms. The highest BCUT2D eigenvalue weighted by molar-refractivity contribution is 5.04. The van der Waals surface area contributed by atoms with Crippen molar-refractivity contribution in [3.63, 3.8) is 0 Å². The van der Waals surface area contributed by atoms with E-state index in [1.165, 1.54) is 6.07 Å². The molecular weight excluding hydrogens is 142 g/mol. The van der Waals surface area contributed by atoms with Crippen molar-refractivity contribution >= 4 is 0 Å². The monoisotopic (exact) mass is 153 g/mol. The molecular formula is C8H11NO2. The fourth-order valence-electron chi connectivity index (χ4n) is 0.970. The molecule has 1 aromatic rings. The van der Waals surface area contributed by atoms with Gasteiger partial charge in [0.2, 0.25) is 0 Å². The molecule has 0 spiro atoms. The zero-order chi connectivity index (χ0) is 8.27. The molecule has 0 aliphatic carbocycles. The number of hydrogen-bond donors (Lipinski definition) is 1. The summed E-state index contributed by atoms with van der Waals surface area (Å²) in [6.45, 7) is 2.00. The van der Waals surface area contributed by atoms with E-state index < -0.39 is 0 Å². The Bertz CT molecular complexity index is 290. The van der Waals surface area contributed by atoms with Gasteiger partial charge in [0, 0.05) is 6.07 Å². The van der Waals surface area contributed by atoms with Crippen molar-refractivity contribution in [2.75, 3.05) is 0 Å². The Morgan fingerprint density at radius 2 is 2.27 bits per heavy atom. The van der Waals surface area contributed by atoms with Crippen molar-refractivity contribution in [2.45, 2.75) is 19.8 Å². The maximum atomic E-state index is 10.8. The Morgan fingerprint density at radius 1 is 1.55 bits per heavy atom. The van der Waals surface area contributed by atoms with E-state index in [9.17, 15) is 4.79 Å². The fourth-order valence-corrected chi connectivity index (χ4v) is 0.970. The lowest BCUT2D eigenvalue weighted by atomic mass is 10.2. The summed E-state index contributed by atoms with van der Waals surface area (Å²) in [5.74, 6) is 0. The maximum Gasteiger partial charge on any atom is 0.283 e. The summed E-state index contributed by atoms with van der Waals surface area (Å²) < 4.78 is 0.698. The van der Waals surface area contributed by atoms with E-state index in [1.807, 2.05) is 6.92 Å². The van der Waals surface area contributed by atoms with Gasteiger partial charge < -0.3 is 5.21 Å². The average Bonchev–Trinajstić information content (AvgIpc) is 1.99. The summed E-state index contributed by atoms with van der Waals surface area (Å²) in [6, 6.07) is 4.73. The Kier molecular flexibility index (Phi) is 2.31. The lowest BCUT2D eigenvalue weighted by Crippen LogP contribution is -2.19. The van der Waals surface area contributed by atoms with Gasteiger partial charge in [-0.15, -0.1) is 0 Å². The molecule has 0 saturated heterocycles. The van der Waals surface area contributed by atoms with Gasteiger partial charge in [-0.25, -0.2) is 0 Å². The molecule has 3 heteroatoms. The molecule has 1 N–H and O–H groups in total. The van der Waals surface area contributed by atoms with Gasteiger partial charge in [0.25, 0.3) is 5.56 Å². The largest absolute Gasteiger partial charge is 0.425 e. The molecule has 60 valence electrons. The van der Waals surface area contributed by atoms with Crippen LogP contribution in [0.3, 0.4) is 0 Å². The van der Waals surface area contributed by atoms with E-state index >= 15 is 0 Å². The van der Waals surface area contributed by atoms with Crippen LogP contribution < -0.4 is 5.56 Å². The zero-order valence-electron chi connectivity index (χ0n) is 6.45. The number of aromatic nitrogens is 1. The van der Waals surface area contributed by atoms with Crippen molar-refractivity contribution in [1.82, 2.24) is 4.73 Å². The van der Waals surface area contributed by atoms with E-state index in [0.29, 0.717) is 10.4 Å². The minimum absolute atomic E-state index is 0.365. The van der Waals surface area contributed by atoms with Crippen LogP contribution in [0.15, 0.2) is 23.0 Å². The van der Waals surface area contributed by atoms with Crippen LogP contribution in [0.1, 0.15) is 19.0 Å². The van der Waals surface area contributed by atoms with E-state index in [4.69, 9.17) is 5.21 Å². The third-order valence-corrected chi connectivity index (χ3v) is 1.51. The van der Waals surface area contributed by atoms with Crippen molar-refractivity contribution < 1.29 is 5.21 Å². The van der Waals surface area contributed by atoms with Gasteiger partial charge in [0.1, 0.15) is 0 Å². The highest BCUT2D eigenvalue weighted by Gasteiger charge is 1.98. The average molecular weight is 153 g/mol. The van der Waals surface area contributed by atoms with Gasteiger partial charge in [-0.2, -0.15) is 4.73 Å². The summed E-state index contributed by atoms with van der Waals surface area (Å²) >= 11 is 0. The quantitative estimate of drug-likeness (QED) is 0.645. The van der Waals surface area contributed by atoms with Crippen molar-refractivity contribution in [2.24, 2.45) is 0 Å². The molecule has 3 nitrogen and oxygen atoms in total. The van der Waals surface area contributed by atoms with E-state index in [2.05, 4.69) is 0 Å². The van der Waals surface area contributed by atoms with Crippen LogP contribution >= 0.6 is 0 Å². The molecule has 1 aromatic heterocycles. The highest BCUT2D eigenvalue weighted by Crippen LogP contribution is 1.97. The molecule has 0 aliphatic rings. The van der Waals surface area contributed by atoms with Crippen LogP contribution in [0.4, 0.5) is 0 Å². The minimum Gasteiger partial charge on any atom is -0.425 e. The predicted molar refractivity (Wildman–Crippen MR) is 41.9 cm³/mol. The number of pyridine rings is 1. The van der Waals surface area contributed by atoms with Crippen molar-refractivity contribution in [1.29, 1.82) is 0 Å². The summed E-state index contributed by atoms with van der Waals surface area (Å²) in [6.07, 6.45) is 1.65. The SMILES string of the molecule is CCCc1cccc(=O)n1O. The van der Waals surface area contributed by atoms with Crippen LogP contribution in [0.2, 0.25) is 0 Å². The van der Waals surface area contributed by atoms with Crippen LogP contribution in [0, 0.1) is 0 Å². The van der Waals surface area contributed by atoms with Crippen LogP contribution in [-0.2, 0) is 6.42 Å². The predicted octanol–water partition coefficient (Wildman–Crippen LogP) is 1.04. The molecule has 11 heavy (non-hydrogen) atoms. The first-order valence-electron chi connectivity index (χ1n) is 3.66. The molecule has 1 heterocycles. The summed E-state index contributed by atoms with van der Waals surface area (Å²) in [5.41, 5.74) is 0.302. The van der Waals surface area contributed by atoms with Crippen LogP contribution in [0.5, 0.6) is 0 Å². The van der Waals surface area contributed by atoms with Gasteiger partial charge in [0.05, 0.1) is 5.69 Å². The van der Waals surface area contributed by atoms with Crippen molar-refractivity contribution in [3.8, 4) is 0 Å². The summed E-state index contributed by atoms with van der Waals surface area (Å²) in [5, 5.41) is 9.13. The van der Waals surface area contributed by atoms with Gasteiger partial charge in [-0.1, -0.05) is 19.4 Å². The van der Waals surface area contributed by atoms with Gasteiger partial charge in [-0.05, 0) is 12.5 Å². The first-order chi connectivity index (χ1) is 5.25. The molecule has 0 saturated carbocycles. The lowest BCUT2D eigenvalue weighted by molar-refractivity contribution is 0.165. The molecule has 0 amide bonds. The van der Waals surface area contributed by atoms with E-state index in [-0.39, 0.29) is 5.56 Å².